The number of hydrogen-bond donors (Lipinski definition) is 3. The van der Waals surface area contributed by atoms with Crippen molar-refractivity contribution in [3.05, 3.63) is 87.5 Å². The predicted molar refractivity (Wildman–Crippen MR) is 109 cm³/mol. The average Bonchev–Trinajstić information content (AvgIpc) is 2.61. The summed E-state index contributed by atoms with van der Waals surface area (Å²) in [4.78, 5) is 0. The zero-order chi connectivity index (χ0) is 19.7. The molecule has 0 aliphatic rings. The lowest BCUT2D eigenvalue weighted by atomic mass is 9.80. The van der Waals surface area contributed by atoms with E-state index in [1.165, 1.54) is 0 Å². The minimum atomic E-state index is 0.0770. The summed E-state index contributed by atoms with van der Waals surface area (Å²) in [6.07, 6.45) is 0.760. The molecule has 0 unspecified atom stereocenters. The third-order valence-corrected chi connectivity index (χ3v) is 5.30. The van der Waals surface area contributed by atoms with E-state index in [1.807, 2.05) is 52.0 Å². The Labute approximate surface area is 160 Å². The lowest BCUT2D eigenvalue weighted by molar-refractivity contribution is 0.469. The molecule has 0 bridgehead atoms. The minimum Gasteiger partial charge on any atom is -0.508 e. The van der Waals surface area contributed by atoms with Crippen molar-refractivity contribution in [2.45, 2.75) is 40.0 Å². The molecular formula is C24H26O3. The molecule has 0 aromatic heterocycles. The van der Waals surface area contributed by atoms with E-state index in [0.29, 0.717) is 11.5 Å². The molecule has 0 spiro atoms. The fourth-order valence-corrected chi connectivity index (χ4v) is 3.65. The van der Waals surface area contributed by atoms with E-state index in [0.717, 1.165) is 45.4 Å². The third-order valence-electron chi connectivity index (χ3n) is 5.30. The van der Waals surface area contributed by atoms with Gasteiger partial charge in [-0.3, -0.25) is 0 Å². The van der Waals surface area contributed by atoms with Crippen LogP contribution < -0.4 is 0 Å². The molecule has 3 rings (SSSR count). The first-order valence-electron chi connectivity index (χ1n) is 9.14. The predicted octanol–water partition coefficient (Wildman–Crippen LogP) is 5.41. The summed E-state index contributed by atoms with van der Waals surface area (Å²) in [5.74, 6) is 0.938. The van der Waals surface area contributed by atoms with Crippen LogP contribution in [0.2, 0.25) is 0 Å². The van der Waals surface area contributed by atoms with Crippen molar-refractivity contribution in [3.8, 4) is 17.2 Å². The van der Waals surface area contributed by atoms with Crippen LogP contribution in [0.25, 0.3) is 0 Å². The maximum Gasteiger partial charge on any atom is 0.118 e. The summed E-state index contributed by atoms with van der Waals surface area (Å²) in [6.45, 7) is 7.84. The third kappa shape index (κ3) is 3.92. The highest BCUT2D eigenvalue weighted by atomic mass is 16.3. The van der Waals surface area contributed by atoms with E-state index >= 15 is 0 Å². The maximum absolute atomic E-state index is 10.1. The minimum absolute atomic E-state index is 0.0770. The van der Waals surface area contributed by atoms with E-state index < -0.39 is 0 Å². The summed E-state index contributed by atoms with van der Waals surface area (Å²) >= 11 is 0. The van der Waals surface area contributed by atoms with Crippen LogP contribution in [0.5, 0.6) is 17.2 Å². The lowest BCUT2D eigenvalue weighted by Gasteiger charge is -2.24. The van der Waals surface area contributed by atoms with Gasteiger partial charge in [0.05, 0.1) is 0 Å². The number of benzene rings is 3. The van der Waals surface area contributed by atoms with Crippen LogP contribution in [-0.2, 0) is 6.42 Å². The van der Waals surface area contributed by atoms with Gasteiger partial charge in [0.15, 0.2) is 0 Å². The molecule has 0 saturated heterocycles. The number of rotatable bonds is 4. The first kappa shape index (κ1) is 18.8. The van der Waals surface area contributed by atoms with E-state index in [4.69, 9.17) is 0 Å². The van der Waals surface area contributed by atoms with Crippen molar-refractivity contribution in [1.82, 2.24) is 0 Å². The van der Waals surface area contributed by atoms with Gasteiger partial charge in [0, 0.05) is 5.92 Å². The highest BCUT2D eigenvalue weighted by Crippen LogP contribution is 2.37. The van der Waals surface area contributed by atoms with Gasteiger partial charge in [-0.05, 0) is 97.3 Å². The van der Waals surface area contributed by atoms with Crippen LogP contribution in [0.1, 0.15) is 44.9 Å². The summed E-state index contributed by atoms with van der Waals surface area (Å²) in [6, 6.07) is 15.0. The zero-order valence-corrected chi connectivity index (χ0v) is 16.2. The van der Waals surface area contributed by atoms with Gasteiger partial charge in [-0.15, -0.1) is 0 Å². The highest BCUT2D eigenvalue weighted by molar-refractivity contribution is 5.50. The Hall–Kier alpha value is -2.94. The van der Waals surface area contributed by atoms with Gasteiger partial charge in [-0.25, -0.2) is 0 Å². The molecule has 0 radical (unpaired) electrons. The molecule has 0 atom stereocenters. The Morgan fingerprint density at radius 3 is 1.52 bits per heavy atom. The SMILES string of the molecule is Cc1cc(C(Cc2ccc(O)cc2)c2cc(C)c(O)cc2C)c(C)cc1O. The second kappa shape index (κ2) is 7.36. The van der Waals surface area contributed by atoms with Crippen molar-refractivity contribution < 1.29 is 15.3 Å². The lowest BCUT2D eigenvalue weighted by Crippen LogP contribution is -2.09. The number of hydrogen-bond acceptors (Lipinski definition) is 3. The monoisotopic (exact) mass is 362 g/mol. The van der Waals surface area contributed by atoms with Crippen molar-refractivity contribution >= 4 is 0 Å². The summed E-state index contributed by atoms with van der Waals surface area (Å²) in [7, 11) is 0. The normalized spacial score (nSPS) is 11.1. The smallest absolute Gasteiger partial charge is 0.118 e. The van der Waals surface area contributed by atoms with Crippen molar-refractivity contribution in [1.29, 1.82) is 0 Å². The summed E-state index contributed by atoms with van der Waals surface area (Å²) in [5, 5.41) is 29.7. The van der Waals surface area contributed by atoms with Crippen molar-refractivity contribution in [2.75, 3.05) is 0 Å². The van der Waals surface area contributed by atoms with Crippen molar-refractivity contribution in [2.24, 2.45) is 0 Å². The van der Waals surface area contributed by atoms with Crippen molar-refractivity contribution in [3.63, 3.8) is 0 Å². The van der Waals surface area contributed by atoms with Gasteiger partial charge in [-0.1, -0.05) is 24.3 Å². The molecule has 3 aromatic carbocycles. The fourth-order valence-electron chi connectivity index (χ4n) is 3.65. The van der Waals surface area contributed by atoms with E-state index in [1.54, 1.807) is 12.1 Å². The topological polar surface area (TPSA) is 60.7 Å². The van der Waals surface area contributed by atoms with Gasteiger partial charge < -0.3 is 15.3 Å². The Balaban J connectivity index is 2.16. The van der Waals surface area contributed by atoms with E-state index in [2.05, 4.69) is 12.1 Å². The molecule has 0 aliphatic carbocycles. The van der Waals surface area contributed by atoms with Crippen LogP contribution in [0.4, 0.5) is 0 Å². The molecule has 0 aliphatic heterocycles. The first-order chi connectivity index (χ1) is 12.8. The quantitative estimate of drug-likeness (QED) is 0.581. The standard InChI is InChI=1S/C24H26O3/c1-14-11-23(26)16(3)9-20(14)22(13-18-5-7-19(25)8-6-18)21-10-17(4)24(27)12-15(21)2/h5-12,22,25-27H,13H2,1-4H3. The van der Waals surface area contributed by atoms with Crippen LogP contribution in [-0.4, -0.2) is 15.3 Å². The Morgan fingerprint density at radius 1 is 0.630 bits per heavy atom. The molecule has 3 N–H and O–H groups in total. The van der Waals surface area contributed by atoms with Gasteiger partial charge in [0.2, 0.25) is 0 Å². The maximum atomic E-state index is 10.1. The molecule has 0 saturated carbocycles. The number of aromatic hydroxyl groups is 3. The average molecular weight is 362 g/mol. The molecule has 3 aromatic rings. The van der Waals surface area contributed by atoms with Crippen LogP contribution >= 0.6 is 0 Å². The molecule has 0 amide bonds. The van der Waals surface area contributed by atoms with Crippen LogP contribution in [0.15, 0.2) is 48.5 Å². The molecule has 3 heteroatoms. The van der Waals surface area contributed by atoms with Gasteiger partial charge in [0.1, 0.15) is 17.2 Å². The Bertz CT molecular complexity index is 914. The molecule has 27 heavy (non-hydrogen) atoms. The van der Waals surface area contributed by atoms with E-state index in [9.17, 15) is 15.3 Å². The number of phenolic OH excluding ortho intramolecular Hbond substituents is 3. The molecular weight excluding hydrogens is 336 g/mol. The fraction of sp³-hybridized carbons (Fsp3) is 0.250. The summed E-state index contributed by atoms with van der Waals surface area (Å²) < 4.78 is 0. The number of aryl methyl sites for hydroxylation is 4. The number of phenols is 3. The van der Waals surface area contributed by atoms with E-state index in [-0.39, 0.29) is 11.7 Å². The van der Waals surface area contributed by atoms with Crippen LogP contribution in [0.3, 0.4) is 0 Å². The van der Waals surface area contributed by atoms with Gasteiger partial charge >= 0.3 is 0 Å². The molecule has 0 fully saturated rings. The first-order valence-corrected chi connectivity index (χ1v) is 9.14. The largest absolute Gasteiger partial charge is 0.508 e. The van der Waals surface area contributed by atoms with Gasteiger partial charge in [0.25, 0.3) is 0 Å². The Morgan fingerprint density at radius 2 is 1.07 bits per heavy atom. The second-order valence-electron chi connectivity index (χ2n) is 7.41. The molecule has 3 nitrogen and oxygen atoms in total. The Kier molecular flexibility index (Phi) is 5.13. The highest BCUT2D eigenvalue weighted by Gasteiger charge is 2.21. The zero-order valence-electron chi connectivity index (χ0n) is 16.2. The molecule has 140 valence electrons. The van der Waals surface area contributed by atoms with Crippen LogP contribution in [0, 0.1) is 27.7 Å². The summed E-state index contributed by atoms with van der Waals surface area (Å²) in [5.41, 5.74) is 7.20. The molecule has 0 heterocycles. The van der Waals surface area contributed by atoms with Gasteiger partial charge in [-0.2, -0.15) is 0 Å². The second-order valence-corrected chi connectivity index (χ2v) is 7.41.